The normalized spacial score (nSPS) is 10.3. The number of carbonyl (C=O) groups is 2. The molecule has 2 aromatic rings. The second-order valence-corrected chi connectivity index (χ2v) is 5.65. The average molecular weight is 343 g/mol. The number of hydrogen-bond donors (Lipinski definition) is 2. The maximum Gasteiger partial charge on any atom is 0.270 e. The zero-order valence-electron chi connectivity index (χ0n) is 14.2. The van der Waals surface area contributed by atoms with Gasteiger partial charge in [0.05, 0.1) is 0 Å². The molecule has 2 rings (SSSR count). The maximum absolute atomic E-state index is 13.6. The fourth-order valence-corrected chi connectivity index (χ4v) is 2.26. The molecule has 0 unspecified atom stereocenters. The highest BCUT2D eigenvalue weighted by Gasteiger charge is 2.12. The lowest BCUT2D eigenvalue weighted by Crippen LogP contribution is -2.28. The first-order valence-electron chi connectivity index (χ1n) is 8.38. The molecule has 2 N–H and O–H groups in total. The van der Waals surface area contributed by atoms with E-state index in [-0.39, 0.29) is 29.7 Å². The van der Waals surface area contributed by atoms with Gasteiger partial charge in [-0.15, -0.1) is 0 Å². The highest BCUT2D eigenvalue weighted by atomic mass is 19.1. The van der Waals surface area contributed by atoms with Gasteiger partial charge in [-0.05, 0) is 24.6 Å². The summed E-state index contributed by atoms with van der Waals surface area (Å²) in [4.78, 5) is 28.3. The van der Waals surface area contributed by atoms with Gasteiger partial charge in [-0.3, -0.25) is 9.59 Å². The summed E-state index contributed by atoms with van der Waals surface area (Å²) in [5, 5.41) is 5.39. The van der Waals surface area contributed by atoms with Crippen molar-refractivity contribution in [3.05, 3.63) is 65.2 Å². The second-order valence-electron chi connectivity index (χ2n) is 5.65. The van der Waals surface area contributed by atoms with Crippen LogP contribution in [0, 0.1) is 5.82 Å². The number of hydrogen-bond acceptors (Lipinski definition) is 3. The van der Waals surface area contributed by atoms with E-state index in [0.29, 0.717) is 12.1 Å². The highest BCUT2D eigenvalue weighted by molar-refractivity contribution is 5.96. The summed E-state index contributed by atoms with van der Waals surface area (Å²) < 4.78 is 13.6. The molecule has 25 heavy (non-hydrogen) atoms. The van der Waals surface area contributed by atoms with Gasteiger partial charge in [-0.2, -0.15) is 0 Å². The van der Waals surface area contributed by atoms with Crippen molar-refractivity contribution in [2.75, 3.05) is 6.54 Å². The number of amides is 2. The van der Waals surface area contributed by atoms with Crippen molar-refractivity contribution in [2.24, 2.45) is 0 Å². The Labute approximate surface area is 146 Å². The number of aromatic nitrogens is 1. The molecular weight excluding hydrogens is 321 g/mol. The molecule has 0 aliphatic rings. The van der Waals surface area contributed by atoms with Crippen LogP contribution < -0.4 is 10.6 Å². The fraction of sp³-hybridized carbons (Fsp3) is 0.316. The molecule has 2 amide bonds. The Bertz CT molecular complexity index is 734. The van der Waals surface area contributed by atoms with Crippen molar-refractivity contribution in [1.29, 1.82) is 0 Å². The molecule has 0 aliphatic carbocycles. The van der Waals surface area contributed by atoms with Crippen molar-refractivity contribution in [2.45, 2.75) is 32.7 Å². The van der Waals surface area contributed by atoms with Crippen LogP contribution >= 0.6 is 0 Å². The molecule has 1 aromatic heterocycles. The minimum Gasteiger partial charge on any atom is -0.351 e. The molecule has 0 fully saturated rings. The van der Waals surface area contributed by atoms with Gasteiger partial charge in [-0.25, -0.2) is 9.37 Å². The van der Waals surface area contributed by atoms with Crippen LogP contribution in [0.25, 0.3) is 0 Å². The highest BCUT2D eigenvalue weighted by Crippen LogP contribution is 2.06. The third kappa shape index (κ3) is 5.67. The summed E-state index contributed by atoms with van der Waals surface area (Å²) in [5.41, 5.74) is 0.702. The van der Waals surface area contributed by atoms with E-state index in [1.54, 1.807) is 30.3 Å². The van der Waals surface area contributed by atoms with E-state index in [4.69, 9.17) is 0 Å². The van der Waals surface area contributed by atoms with Crippen molar-refractivity contribution in [3.63, 3.8) is 0 Å². The van der Waals surface area contributed by atoms with E-state index in [9.17, 15) is 14.0 Å². The Hall–Kier alpha value is -2.76. The number of rotatable bonds is 8. The van der Waals surface area contributed by atoms with E-state index in [1.807, 2.05) is 0 Å². The van der Waals surface area contributed by atoms with Gasteiger partial charge in [0.2, 0.25) is 0 Å². The van der Waals surface area contributed by atoms with Crippen molar-refractivity contribution in [3.8, 4) is 0 Å². The summed E-state index contributed by atoms with van der Waals surface area (Å²) in [6.45, 7) is 2.73. The molecular formula is C19H22FN3O2. The van der Waals surface area contributed by atoms with E-state index < -0.39 is 5.91 Å². The van der Waals surface area contributed by atoms with Gasteiger partial charge in [0.1, 0.15) is 17.2 Å². The molecule has 0 spiro atoms. The summed E-state index contributed by atoms with van der Waals surface area (Å²) in [5.74, 6) is -1.14. The Morgan fingerprint density at radius 1 is 0.960 bits per heavy atom. The van der Waals surface area contributed by atoms with Gasteiger partial charge in [0, 0.05) is 18.7 Å². The minimum absolute atomic E-state index is 0.0562. The topological polar surface area (TPSA) is 71.1 Å². The predicted octanol–water partition coefficient (Wildman–Crippen LogP) is 3.07. The monoisotopic (exact) mass is 343 g/mol. The first-order valence-corrected chi connectivity index (χ1v) is 8.38. The van der Waals surface area contributed by atoms with Crippen LogP contribution in [-0.4, -0.2) is 23.3 Å². The number of nitrogens with one attached hydrogen (secondary N) is 2. The second kappa shape index (κ2) is 9.52. The van der Waals surface area contributed by atoms with Crippen LogP contribution in [0.4, 0.5) is 4.39 Å². The van der Waals surface area contributed by atoms with Crippen molar-refractivity contribution in [1.82, 2.24) is 15.6 Å². The quantitative estimate of drug-likeness (QED) is 0.724. The van der Waals surface area contributed by atoms with Crippen LogP contribution in [0.2, 0.25) is 0 Å². The Kier molecular flexibility index (Phi) is 7.07. The van der Waals surface area contributed by atoms with Gasteiger partial charge >= 0.3 is 0 Å². The molecule has 0 aliphatic heterocycles. The van der Waals surface area contributed by atoms with Crippen LogP contribution in [-0.2, 0) is 6.54 Å². The number of pyridine rings is 1. The summed E-state index contributed by atoms with van der Waals surface area (Å²) in [6.07, 6.45) is 3.03. The maximum atomic E-state index is 13.6. The number of benzene rings is 1. The average Bonchev–Trinajstić information content (AvgIpc) is 2.64. The third-order valence-corrected chi connectivity index (χ3v) is 3.68. The molecule has 5 nitrogen and oxygen atoms in total. The van der Waals surface area contributed by atoms with E-state index in [1.165, 1.54) is 12.1 Å². The van der Waals surface area contributed by atoms with E-state index in [2.05, 4.69) is 22.5 Å². The lowest BCUT2D eigenvalue weighted by Gasteiger charge is -2.08. The standard InChI is InChI=1S/C19H22FN3O2/c1-2-3-6-12-21-18(24)16-10-7-11-17(23-16)19(25)22-13-14-8-4-5-9-15(14)20/h4-5,7-11H,2-3,6,12-13H2,1H3,(H,21,24)(H,22,25). The van der Waals surface area contributed by atoms with Crippen molar-refractivity contribution < 1.29 is 14.0 Å². The van der Waals surface area contributed by atoms with Crippen LogP contribution in [0.3, 0.4) is 0 Å². The molecule has 0 bridgehead atoms. The summed E-state index contributed by atoms with van der Waals surface area (Å²) >= 11 is 0. The first kappa shape index (κ1) is 18.6. The number of halogens is 1. The van der Waals surface area contributed by atoms with Crippen LogP contribution in [0.5, 0.6) is 0 Å². The lowest BCUT2D eigenvalue weighted by molar-refractivity contribution is 0.0942. The molecule has 6 heteroatoms. The van der Waals surface area contributed by atoms with Gasteiger partial charge in [0.15, 0.2) is 0 Å². The lowest BCUT2D eigenvalue weighted by atomic mass is 10.2. The van der Waals surface area contributed by atoms with E-state index >= 15 is 0 Å². The summed E-state index contributed by atoms with van der Waals surface area (Å²) in [6, 6.07) is 10.9. The van der Waals surface area contributed by atoms with Crippen LogP contribution in [0.15, 0.2) is 42.5 Å². The largest absolute Gasteiger partial charge is 0.351 e. The Morgan fingerprint density at radius 2 is 1.64 bits per heavy atom. The third-order valence-electron chi connectivity index (χ3n) is 3.68. The van der Waals surface area contributed by atoms with Gasteiger partial charge in [-0.1, -0.05) is 44.0 Å². The first-order chi connectivity index (χ1) is 12.1. The minimum atomic E-state index is -0.455. The molecule has 1 aromatic carbocycles. The SMILES string of the molecule is CCCCCNC(=O)c1cccc(C(=O)NCc2ccccc2F)n1. The number of unbranched alkanes of at least 4 members (excludes halogenated alkanes) is 2. The zero-order chi connectivity index (χ0) is 18.1. The number of carbonyl (C=O) groups excluding carboxylic acids is 2. The molecule has 0 radical (unpaired) electrons. The Balaban J connectivity index is 1.94. The molecule has 0 saturated carbocycles. The molecule has 1 heterocycles. The predicted molar refractivity (Wildman–Crippen MR) is 93.7 cm³/mol. The van der Waals surface area contributed by atoms with Gasteiger partial charge in [0.25, 0.3) is 11.8 Å². The molecule has 132 valence electrons. The smallest absolute Gasteiger partial charge is 0.270 e. The fourth-order valence-electron chi connectivity index (χ4n) is 2.26. The summed E-state index contributed by atoms with van der Waals surface area (Å²) in [7, 11) is 0. The van der Waals surface area contributed by atoms with Gasteiger partial charge < -0.3 is 10.6 Å². The molecule has 0 atom stereocenters. The van der Waals surface area contributed by atoms with Crippen LogP contribution in [0.1, 0.15) is 52.7 Å². The van der Waals surface area contributed by atoms with E-state index in [0.717, 1.165) is 19.3 Å². The molecule has 0 saturated heterocycles. The number of nitrogens with zero attached hydrogens (tertiary/aromatic N) is 1. The Morgan fingerprint density at radius 3 is 2.32 bits per heavy atom. The van der Waals surface area contributed by atoms with Crippen molar-refractivity contribution >= 4 is 11.8 Å². The zero-order valence-corrected chi connectivity index (χ0v) is 14.2.